The monoisotopic (exact) mass is 302 g/mol. The third-order valence-electron chi connectivity index (χ3n) is 1.62. The molecule has 4 heteroatoms. The fourth-order valence-electron chi connectivity index (χ4n) is 0.860. The molecule has 0 aromatic carbocycles. The smallest absolute Gasteiger partial charge is 0.335 e. The summed E-state index contributed by atoms with van der Waals surface area (Å²) in [6.07, 6.45) is 5.23. The van der Waals surface area contributed by atoms with Gasteiger partial charge >= 0.3 is 5.56 Å². The summed E-state index contributed by atoms with van der Waals surface area (Å²) >= 11 is 7.13. The quantitative estimate of drug-likeness (QED) is 0.410. The van der Waals surface area contributed by atoms with Gasteiger partial charge in [-0.2, -0.15) is 0 Å². The van der Waals surface area contributed by atoms with E-state index in [0.717, 1.165) is 6.04 Å². The van der Waals surface area contributed by atoms with Gasteiger partial charge in [-0.05, 0) is 6.04 Å². The summed E-state index contributed by atoms with van der Waals surface area (Å²) < 4.78 is 5.29. The minimum absolute atomic E-state index is 1.16. The molecule has 11 heavy (non-hydrogen) atoms. The van der Waals surface area contributed by atoms with Gasteiger partial charge in [0.2, 0.25) is 0 Å². The van der Waals surface area contributed by atoms with Crippen molar-refractivity contribution in [2.45, 2.75) is 38.7 Å². The van der Waals surface area contributed by atoms with Crippen LogP contribution in [-0.4, -0.2) is 12.7 Å². The largest absolute Gasteiger partial charge is 0.402 e. The van der Waals surface area contributed by atoms with Crippen molar-refractivity contribution in [1.82, 2.24) is 0 Å². The summed E-state index contributed by atoms with van der Waals surface area (Å²) in [6, 6.07) is 1.16. The molecule has 0 atom stereocenters. The van der Waals surface area contributed by atoms with E-state index in [-0.39, 0.29) is 0 Å². The van der Waals surface area contributed by atoms with E-state index in [2.05, 4.69) is 37.5 Å². The molecule has 0 aliphatic carbocycles. The van der Waals surface area contributed by atoms with Crippen LogP contribution < -0.4 is 0 Å². The van der Waals surface area contributed by atoms with Gasteiger partial charge in [-0.3, -0.25) is 0 Å². The molecule has 0 radical (unpaired) electrons. The van der Waals surface area contributed by atoms with E-state index in [4.69, 9.17) is 4.43 Å². The fourth-order valence-corrected chi connectivity index (χ4v) is 3.41. The first-order chi connectivity index (χ1) is 5.12. The van der Waals surface area contributed by atoms with Gasteiger partial charge in [0.15, 0.2) is 0 Å². The molecule has 0 saturated carbocycles. The molecule has 0 heterocycles. The van der Waals surface area contributed by atoms with E-state index in [1.807, 2.05) is 0 Å². The standard InChI is InChI=1S/C7H16Br2OSi/c1-3-4-5-6-7-11(8,9)10-2/h3-7H2,1-2H3. The second kappa shape index (κ2) is 6.63. The average molecular weight is 304 g/mol. The maximum absolute atomic E-state index is 5.29. The number of rotatable bonds is 6. The van der Waals surface area contributed by atoms with Gasteiger partial charge in [0, 0.05) is 7.11 Å². The van der Waals surface area contributed by atoms with Gasteiger partial charge in [0.25, 0.3) is 0 Å². The molecule has 0 spiro atoms. The highest BCUT2D eigenvalue weighted by atomic mass is 79.9. The molecule has 0 rings (SSSR count). The number of halogens is 2. The Bertz CT molecular complexity index is 98.4. The van der Waals surface area contributed by atoms with Crippen LogP contribution in [0, 0.1) is 0 Å². The summed E-state index contributed by atoms with van der Waals surface area (Å²) in [5.74, 6) is 0. The van der Waals surface area contributed by atoms with E-state index in [9.17, 15) is 0 Å². The van der Waals surface area contributed by atoms with Crippen LogP contribution in [0.2, 0.25) is 6.04 Å². The Kier molecular flexibility index (Phi) is 7.32. The molecule has 0 amide bonds. The molecule has 68 valence electrons. The minimum Gasteiger partial charge on any atom is -0.402 e. The molecule has 0 aliphatic rings. The Labute approximate surface area is 86.2 Å². The van der Waals surface area contributed by atoms with Crippen LogP contribution in [0.15, 0.2) is 0 Å². The van der Waals surface area contributed by atoms with Crippen LogP contribution in [-0.2, 0) is 4.43 Å². The van der Waals surface area contributed by atoms with Crippen molar-refractivity contribution in [2.75, 3.05) is 7.11 Å². The van der Waals surface area contributed by atoms with Gasteiger partial charge in [-0.25, -0.2) is 0 Å². The molecule has 0 aromatic rings. The van der Waals surface area contributed by atoms with Crippen LogP contribution in [0.4, 0.5) is 0 Å². The van der Waals surface area contributed by atoms with Gasteiger partial charge in [-0.1, -0.05) is 63.2 Å². The Hall–Kier alpha value is 1.14. The predicted octanol–water partition coefficient (Wildman–Crippen LogP) is 3.94. The van der Waals surface area contributed by atoms with Crippen LogP contribution in [0.5, 0.6) is 0 Å². The van der Waals surface area contributed by atoms with Gasteiger partial charge in [0.05, 0.1) is 0 Å². The molecule has 0 bridgehead atoms. The van der Waals surface area contributed by atoms with Crippen molar-refractivity contribution >= 4 is 36.1 Å². The molecule has 0 N–H and O–H groups in total. The lowest BCUT2D eigenvalue weighted by molar-refractivity contribution is 0.429. The molecule has 1 nitrogen and oxygen atoms in total. The highest BCUT2D eigenvalue weighted by molar-refractivity contribution is 9.50. The zero-order valence-corrected chi connectivity index (χ0v) is 11.4. The van der Waals surface area contributed by atoms with E-state index < -0.39 is 5.56 Å². The SMILES string of the molecule is CCCCCC[Si](Br)(Br)OC. The third-order valence-corrected chi connectivity index (χ3v) is 7.47. The van der Waals surface area contributed by atoms with Gasteiger partial charge in [0.1, 0.15) is 0 Å². The van der Waals surface area contributed by atoms with Crippen LogP contribution in [0.1, 0.15) is 32.6 Å². The average Bonchev–Trinajstić information content (AvgIpc) is 1.99. The first kappa shape index (κ1) is 12.1. The van der Waals surface area contributed by atoms with E-state index in [1.54, 1.807) is 7.11 Å². The summed E-state index contributed by atoms with van der Waals surface area (Å²) in [4.78, 5) is 0. The van der Waals surface area contributed by atoms with Gasteiger partial charge < -0.3 is 4.43 Å². The van der Waals surface area contributed by atoms with Crippen molar-refractivity contribution < 1.29 is 4.43 Å². The van der Waals surface area contributed by atoms with Crippen molar-refractivity contribution in [2.24, 2.45) is 0 Å². The van der Waals surface area contributed by atoms with Crippen molar-refractivity contribution in [3.05, 3.63) is 0 Å². The first-order valence-electron chi connectivity index (χ1n) is 4.05. The van der Waals surface area contributed by atoms with Gasteiger partial charge in [-0.15, -0.1) is 0 Å². The summed E-state index contributed by atoms with van der Waals surface area (Å²) in [6.45, 7) is 2.23. The lowest BCUT2D eigenvalue weighted by Crippen LogP contribution is -2.19. The number of hydrogen-bond donors (Lipinski definition) is 0. The predicted molar refractivity (Wildman–Crippen MR) is 59.6 cm³/mol. The van der Waals surface area contributed by atoms with Crippen LogP contribution in [0.3, 0.4) is 0 Å². The van der Waals surface area contributed by atoms with Crippen molar-refractivity contribution in [1.29, 1.82) is 0 Å². The topological polar surface area (TPSA) is 9.23 Å². The zero-order valence-electron chi connectivity index (χ0n) is 7.20. The normalized spacial score (nSPS) is 12.0. The second-order valence-corrected chi connectivity index (χ2v) is 15.7. The van der Waals surface area contributed by atoms with E-state index in [0.29, 0.717) is 0 Å². The number of unbranched alkanes of at least 4 members (excludes halogenated alkanes) is 3. The second-order valence-electron chi connectivity index (χ2n) is 2.65. The molecule has 0 saturated heterocycles. The molecule has 0 aromatic heterocycles. The lowest BCUT2D eigenvalue weighted by Gasteiger charge is -2.14. The summed E-state index contributed by atoms with van der Waals surface area (Å²) in [5.41, 5.74) is -1.60. The number of hydrogen-bond acceptors (Lipinski definition) is 1. The minimum atomic E-state index is -1.60. The maximum atomic E-state index is 5.29. The Balaban J connectivity index is 3.23. The molecular formula is C7H16Br2OSi. The fraction of sp³-hybridized carbons (Fsp3) is 1.00. The first-order valence-corrected chi connectivity index (χ1v) is 10.7. The van der Waals surface area contributed by atoms with Crippen LogP contribution >= 0.6 is 30.6 Å². The third kappa shape index (κ3) is 7.50. The molecular weight excluding hydrogens is 288 g/mol. The lowest BCUT2D eigenvalue weighted by atomic mass is 10.2. The molecule has 0 unspecified atom stereocenters. The maximum Gasteiger partial charge on any atom is 0.335 e. The highest BCUT2D eigenvalue weighted by Crippen LogP contribution is 2.28. The van der Waals surface area contributed by atoms with Crippen molar-refractivity contribution in [3.8, 4) is 0 Å². The Morgan fingerprint density at radius 3 is 2.27 bits per heavy atom. The summed E-state index contributed by atoms with van der Waals surface area (Å²) in [7, 11) is 1.76. The van der Waals surface area contributed by atoms with E-state index in [1.165, 1.54) is 25.7 Å². The Morgan fingerprint density at radius 2 is 1.82 bits per heavy atom. The van der Waals surface area contributed by atoms with Crippen LogP contribution in [0.25, 0.3) is 0 Å². The van der Waals surface area contributed by atoms with Crippen molar-refractivity contribution in [3.63, 3.8) is 0 Å². The summed E-state index contributed by atoms with van der Waals surface area (Å²) in [5, 5.41) is 0. The zero-order chi connectivity index (χ0) is 8.74. The highest BCUT2D eigenvalue weighted by Gasteiger charge is 2.25. The molecule has 0 fully saturated rings. The molecule has 0 aliphatic heterocycles. The Morgan fingerprint density at radius 1 is 1.18 bits per heavy atom. The van der Waals surface area contributed by atoms with E-state index >= 15 is 0 Å².